The van der Waals surface area contributed by atoms with Crippen LogP contribution < -0.4 is 4.74 Å². The largest absolute Gasteiger partial charge is 0.514 e. The Morgan fingerprint density at radius 3 is 1.82 bits per heavy atom. The van der Waals surface area contributed by atoms with Gasteiger partial charge in [-0.2, -0.15) is 43.9 Å². The van der Waals surface area contributed by atoms with E-state index in [1.165, 1.54) is 13.8 Å². The van der Waals surface area contributed by atoms with E-state index in [9.17, 15) is 77.7 Å². The number of nitrogens with zero attached hydrogens (tertiary/aromatic N) is 2. The zero-order valence-corrected chi connectivity index (χ0v) is 19.0. The lowest BCUT2D eigenvalue weighted by Gasteiger charge is -2.38. The minimum Gasteiger partial charge on any atom is -0.427 e. The topological polar surface area (TPSA) is 122 Å². The van der Waals surface area contributed by atoms with Crippen LogP contribution in [0.4, 0.5) is 68.9 Å². The Bertz CT molecular complexity index is 1110. The molecule has 0 spiro atoms. The highest BCUT2D eigenvalue weighted by molar-refractivity contribution is 5.69. The van der Waals surface area contributed by atoms with Crippen LogP contribution in [0.3, 0.4) is 0 Å². The van der Waals surface area contributed by atoms with Crippen LogP contribution in [-0.2, 0) is 4.74 Å². The molecule has 1 aromatic carbocycles. The summed E-state index contributed by atoms with van der Waals surface area (Å²) in [6.45, 7) is -0.573. The highest BCUT2D eigenvalue weighted by atomic mass is 19.4. The predicted octanol–water partition coefficient (Wildman–Crippen LogP) is 6.97. The van der Waals surface area contributed by atoms with E-state index in [0.29, 0.717) is 6.07 Å². The van der Waals surface area contributed by atoms with Crippen LogP contribution in [0.15, 0.2) is 12.1 Å². The molecule has 9 nitrogen and oxygen atoms in total. The quantitative estimate of drug-likeness (QED) is 0.0837. The molecular weight excluding hydrogens is 584 g/mol. The van der Waals surface area contributed by atoms with Crippen LogP contribution >= 0.6 is 0 Å². The molecule has 0 heterocycles. The summed E-state index contributed by atoms with van der Waals surface area (Å²) in [7, 11) is 0. The third-order valence-corrected chi connectivity index (χ3v) is 5.13. The van der Waals surface area contributed by atoms with Crippen LogP contribution in [-0.4, -0.2) is 58.6 Å². The van der Waals surface area contributed by atoms with E-state index in [2.05, 4.69) is 9.47 Å². The maximum absolute atomic E-state index is 13.8. The molecule has 1 rings (SSSR count). The number of ether oxygens (including phenoxy) is 2. The maximum atomic E-state index is 13.8. The molecule has 0 saturated carbocycles. The molecule has 0 aliphatic rings. The van der Waals surface area contributed by atoms with Gasteiger partial charge < -0.3 is 9.47 Å². The lowest BCUT2D eigenvalue weighted by atomic mass is 9.94. The van der Waals surface area contributed by atoms with E-state index in [1.807, 2.05) is 0 Å². The highest BCUT2D eigenvalue weighted by Gasteiger charge is 2.87. The molecule has 1 aromatic rings. The minimum absolute atomic E-state index is 0.0939. The summed E-state index contributed by atoms with van der Waals surface area (Å²) in [5, 5.41) is 22.5. The molecule has 0 fully saturated rings. The molecule has 0 aromatic heterocycles. The first-order chi connectivity index (χ1) is 17.4. The predicted molar refractivity (Wildman–Crippen MR) is 101 cm³/mol. The Kier molecular flexibility index (Phi) is 9.36. The number of carbonyl (C=O) groups is 1. The van der Waals surface area contributed by atoms with Crippen LogP contribution in [0.25, 0.3) is 0 Å². The highest BCUT2D eigenvalue weighted by Crippen LogP contribution is 2.58. The summed E-state index contributed by atoms with van der Waals surface area (Å²) < 4.78 is 166. The van der Waals surface area contributed by atoms with Gasteiger partial charge in [-0.25, -0.2) is 13.6 Å². The zero-order chi connectivity index (χ0) is 30.9. The molecule has 1 atom stereocenters. The van der Waals surface area contributed by atoms with Gasteiger partial charge in [-0.05, 0) is 12.3 Å². The number of nitro benzene ring substituents is 2. The third-order valence-electron chi connectivity index (χ3n) is 5.13. The Labute approximate surface area is 207 Å². The van der Waals surface area contributed by atoms with Crippen LogP contribution in [0, 0.1) is 20.2 Å². The summed E-state index contributed by atoms with van der Waals surface area (Å²) in [5.41, 5.74) is -2.60. The smallest absolute Gasteiger partial charge is 0.427 e. The second-order valence-corrected chi connectivity index (χ2v) is 7.70. The summed E-state index contributed by atoms with van der Waals surface area (Å²) in [4.78, 5) is 31.8. The van der Waals surface area contributed by atoms with Crippen molar-refractivity contribution >= 4 is 17.5 Å². The molecule has 0 saturated heterocycles. The van der Waals surface area contributed by atoms with E-state index in [4.69, 9.17) is 0 Å². The number of benzene rings is 1. The first-order valence-electron chi connectivity index (χ1n) is 9.89. The fraction of sp³-hybridized carbons (Fsp3) is 0.611. The second kappa shape index (κ2) is 10.9. The maximum Gasteiger partial charge on any atom is 0.514 e. The number of hydrogen-bond acceptors (Lipinski definition) is 7. The van der Waals surface area contributed by atoms with Crippen molar-refractivity contribution in [2.24, 2.45) is 0 Å². The Hall–Kier alpha value is -3.55. The molecule has 0 N–H and O–H groups in total. The average Bonchev–Trinajstić information content (AvgIpc) is 2.80. The lowest BCUT2D eigenvalue weighted by Crippen LogP contribution is -2.69. The molecule has 0 aliphatic heterocycles. The molecule has 21 heteroatoms. The molecule has 1 unspecified atom stereocenters. The first kappa shape index (κ1) is 33.5. The molecule has 39 heavy (non-hydrogen) atoms. The zero-order valence-electron chi connectivity index (χ0n) is 19.0. The molecule has 0 radical (unpaired) electrons. The summed E-state index contributed by atoms with van der Waals surface area (Å²) in [5.74, 6) is -39.3. The van der Waals surface area contributed by atoms with E-state index in [1.54, 1.807) is 0 Å². The van der Waals surface area contributed by atoms with Gasteiger partial charge in [-0.15, -0.1) is 0 Å². The summed E-state index contributed by atoms with van der Waals surface area (Å²) in [6.07, 6.45) is -8.27. The van der Waals surface area contributed by atoms with E-state index in [0.717, 1.165) is 0 Å². The van der Waals surface area contributed by atoms with Crippen molar-refractivity contribution in [3.8, 4) is 5.75 Å². The lowest BCUT2D eigenvalue weighted by molar-refractivity contribution is -0.414. The van der Waals surface area contributed by atoms with Crippen molar-refractivity contribution in [2.75, 3.05) is 6.61 Å². The van der Waals surface area contributed by atoms with Crippen molar-refractivity contribution < 1.29 is 76.8 Å². The van der Waals surface area contributed by atoms with Crippen LogP contribution in [0.5, 0.6) is 5.75 Å². The van der Waals surface area contributed by atoms with Crippen molar-refractivity contribution in [1.29, 1.82) is 0 Å². The normalized spacial score (nSPS) is 14.2. The van der Waals surface area contributed by atoms with Gasteiger partial charge in [0.25, 0.3) is 5.69 Å². The monoisotopic (exact) mass is 598 g/mol. The molecule has 222 valence electrons. The van der Waals surface area contributed by atoms with Crippen molar-refractivity contribution in [3.63, 3.8) is 0 Å². The average molecular weight is 598 g/mol. The van der Waals surface area contributed by atoms with E-state index in [-0.39, 0.29) is 12.5 Å². The van der Waals surface area contributed by atoms with Gasteiger partial charge in [-0.1, -0.05) is 13.8 Å². The number of nitro groups is 2. The van der Waals surface area contributed by atoms with Gasteiger partial charge >= 0.3 is 47.9 Å². The van der Waals surface area contributed by atoms with Crippen LogP contribution in [0.1, 0.15) is 31.7 Å². The van der Waals surface area contributed by atoms with Gasteiger partial charge in [0.15, 0.2) is 6.61 Å². The standard InChI is InChI=1S/C18H14F12N2O7/c1-3-7(2)9-4-8(31(34)35)5-10(11(9)32(36)37)39-13(33)38-6-14(21,22)16(25,26)18(29,30)17(27,28)15(23,24)12(19)20/h4-5,7,12H,3,6H2,1-2H3. The van der Waals surface area contributed by atoms with Gasteiger partial charge in [0.2, 0.25) is 5.75 Å². The number of non-ortho nitro benzene ring substituents is 1. The number of halogens is 12. The molecule has 0 amide bonds. The molecule has 0 aliphatic carbocycles. The number of alkyl halides is 12. The van der Waals surface area contributed by atoms with E-state index >= 15 is 0 Å². The van der Waals surface area contributed by atoms with Gasteiger partial charge in [-0.3, -0.25) is 20.2 Å². The van der Waals surface area contributed by atoms with E-state index < -0.39 is 87.3 Å². The van der Waals surface area contributed by atoms with Gasteiger partial charge in [0.05, 0.1) is 15.9 Å². The number of carbonyl (C=O) groups excluding carboxylic acids is 1. The second-order valence-electron chi connectivity index (χ2n) is 7.70. The van der Waals surface area contributed by atoms with Crippen molar-refractivity contribution in [3.05, 3.63) is 37.9 Å². The Morgan fingerprint density at radius 2 is 1.41 bits per heavy atom. The van der Waals surface area contributed by atoms with Gasteiger partial charge in [0, 0.05) is 11.6 Å². The molecular formula is C18H14F12N2O7. The fourth-order valence-corrected chi connectivity index (χ4v) is 2.72. The van der Waals surface area contributed by atoms with Gasteiger partial charge in [0.1, 0.15) is 0 Å². The summed E-state index contributed by atoms with van der Waals surface area (Å²) in [6, 6.07) is 0.871. The SMILES string of the molecule is CCC(C)c1cc([N+](=O)[O-])cc(OC(=O)OCC(F)(F)C(F)(F)C(F)(F)C(F)(F)C(F)(F)C(F)F)c1[N+](=O)[O-]. The fourth-order valence-electron chi connectivity index (χ4n) is 2.72. The first-order valence-corrected chi connectivity index (χ1v) is 9.89. The van der Waals surface area contributed by atoms with Crippen molar-refractivity contribution in [2.45, 2.75) is 62.2 Å². The minimum atomic E-state index is -7.87. The Morgan fingerprint density at radius 1 is 0.897 bits per heavy atom. The number of hydrogen-bond donors (Lipinski definition) is 0. The van der Waals surface area contributed by atoms with Crippen molar-refractivity contribution in [1.82, 2.24) is 0 Å². The third kappa shape index (κ3) is 5.89. The molecule has 0 bridgehead atoms. The summed E-state index contributed by atoms with van der Waals surface area (Å²) >= 11 is 0. The Balaban J connectivity index is 3.35. The number of rotatable bonds is 12. The van der Waals surface area contributed by atoms with Crippen LogP contribution in [0.2, 0.25) is 0 Å².